The molecule has 1 amide bonds. The molecule has 0 rings (SSSR count). The average Bonchev–Trinajstić information content (AvgIpc) is 2.99. The number of amides is 1. The predicted molar refractivity (Wildman–Crippen MR) is 183 cm³/mol. The van der Waals surface area contributed by atoms with Crippen LogP contribution in [0.4, 0.5) is 0 Å². The molecule has 0 heterocycles. The SMILES string of the molecule is CCCCCCCCCCCCCCCCCC(=O)NCCCC[C@H](N)C(=O)CCCCCCCCCNCCCN. The molecule has 0 fully saturated rings. The number of carbonyl (C=O) groups is 2. The maximum absolute atomic E-state index is 12.3. The van der Waals surface area contributed by atoms with Gasteiger partial charge in [-0.2, -0.15) is 0 Å². The lowest BCUT2D eigenvalue weighted by Crippen LogP contribution is -2.30. The fraction of sp³-hybridized carbons (Fsp3) is 0.944. The summed E-state index contributed by atoms with van der Waals surface area (Å²) in [6.07, 6.45) is 33.3. The molecule has 6 nitrogen and oxygen atoms in total. The van der Waals surface area contributed by atoms with E-state index in [9.17, 15) is 9.59 Å². The first-order valence-corrected chi connectivity index (χ1v) is 18.6. The van der Waals surface area contributed by atoms with Crippen molar-refractivity contribution in [1.82, 2.24) is 10.6 Å². The zero-order valence-electron chi connectivity index (χ0n) is 28.2. The number of ketones is 1. The first-order valence-electron chi connectivity index (χ1n) is 18.6. The lowest BCUT2D eigenvalue weighted by molar-refractivity contribution is -0.122. The van der Waals surface area contributed by atoms with Gasteiger partial charge in [0.15, 0.2) is 0 Å². The standard InChI is InChI=1S/C36H74N4O2/c1-2-3-4-5-6-7-8-9-10-11-12-13-16-19-22-29-36(42)40-33-25-23-27-34(38)35(41)28-21-18-15-14-17-20-24-31-39-32-26-30-37/h34,39H,2-33,37-38H2,1H3,(H,40,42)/t34-/m0/s1. The normalized spacial score (nSPS) is 12.1. The third kappa shape index (κ3) is 31.9. The second-order valence-electron chi connectivity index (χ2n) is 12.7. The Morgan fingerprint density at radius 3 is 1.48 bits per heavy atom. The molecule has 6 heteroatoms. The highest BCUT2D eigenvalue weighted by atomic mass is 16.1. The lowest BCUT2D eigenvalue weighted by Gasteiger charge is -2.11. The zero-order valence-corrected chi connectivity index (χ0v) is 28.2. The topological polar surface area (TPSA) is 110 Å². The number of hydrogen-bond acceptors (Lipinski definition) is 5. The van der Waals surface area contributed by atoms with Gasteiger partial charge in [-0.05, 0) is 64.6 Å². The number of unbranched alkanes of at least 4 members (excludes halogenated alkanes) is 21. The molecular formula is C36H74N4O2. The van der Waals surface area contributed by atoms with Crippen molar-refractivity contribution in [2.24, 2.45) is 11.5 Å². The van der Waals surface area contributed by atoms with Crippen molar-refractivity contribution in [3.05, 3.63) is 0 Å². The second kappa shape index (κ2) is 34.5. The Bertz CT molecular complexity index is 573. The van der Waals surface area contributed by atoms with Crippen molar-refractivity contribution < 1.29 is 9.59 Å². The van der Waals surface area contributed by atoms with Crippen molar-refractivity contribution in [1.29, 1.82) is 0 Å². The number of nitrogens with two attached hydrogens (primary N) is 2. The third-order valence-electron chi connectivity index (χ3n) is 8.52. The summed E-state index contributed by atoms with van der Waals surface area (Å²) in [5, 5.41) is 6.46. The second-order valence-corrected chi connectivity index (χ2v) is 12.7. The Labute approximate surface area is 262 Å². The monoisotopic (exact) mass is 595 g/mol. The summed E-state index contributed by atoms with van der Waals surface area (Å²) in [5.74, 6) is 0.375. The summed E-state index contributed by atoms with van der Waals surface area (Å²) in [6.45, 7) is 5.87. The Hall–Kier alpha value is -0.980. The molecule has 0 aliphatic rings. The summed E-state index contributed by atoms with van der Waals surface area (Å²) in [4.78, 5) is 24.4. The largest absolute Gasteiger partial charge is 0.356 e. The van der Waals surface area contributed by atoms with Gasteiger partial charge in [0, 0.05) is 19.4 Å². The molecule has 0 bridgehead atoms. The van der Waals surface area contributed by atoms with Gasteiger partial charge in [0.25, 0.3) is 0 Å². The van der Waals surface area contributed by atoms with Gasteiger partial charge in [-0.3, -0.25) is 9.59 Å². The minimum atomic E-state index is -0.340. The van der Waals surface area contributed by atoms with Crippen LogP contribution in [0.5, 0.6) is 0 Å². The summed E-state index contributed by atoms with van der Waals surface area (Å²) in [6, 6.07) is -0.340. The molecule has 6 N–H and O–H groups in total. The first-order chi connectivity index (χ1) is 20.6. The van der Waals surface area contributed by atoms with Crippen LogP contribution in [-0.2, 0) is 9.59 Å². The smallest absolute Gasteiger partial charge is 0.219 e. The fourth-order valence-electron chi connectivity index (χ4n) is 5.59. The van der Waals surface area contributed by atoms with Gasteiger partial charge in [-0.15, -0.1) is 0 Å². The van der Waals surface area contributed by atoms with Crippen molar-refractivity contribution >= 4 is 11.7 Å². The van der Waals surface area contributed by atoms with E-state index in [4.69, 9.17) is 11.5 Å². The van der Waals surface area contributed by atoms with E-state index in [1.807, 2.05) is 0 Å². The highest BCUT2D eigenvalue weighted by Gasteiger charge is 2.12. The Morgan fingerprint density at radius 1 is 0.524 bits per heavy atom. The molecule has 0 aromatic carbocycles. The van der Waals surface area contributed by atoms with E-state index in [1.54, 1.807) is 0 Å². The average molecular weight is 595 g/mol. The Kier molecular flexibility index (Phi) is 33.7. The van der Waals surface area contributed by atoms with Crippen LogP contribution in [0, 0.1) is 0 Å². The van der Waals surface area contributed by atoms with Crippen LogP contribution < -0.4 is 22.1 Å². The summed E-state index contributed by atoms with van der Waals surface area (Å²) in [7, 11) is 0. The molecule has 0 aliphatic heterocycles. The van der Waals surface area contributed by atoms with Crippen molar-refractivity contribution in [3.63, 3.8) is 0 Å². The van der Waals surface area contributed by atoms with Crippen molar-refractivity contribution in [2.75, 3.05) is 26.2 Å². The van der Waals surface area contributed by atoms with Crippen LogP contribution in [0.3, 0.4) is 0 Å². The number of rotatable bonds is 35. The van der Waals surface area contributed by atoms with E-state index < -0.39 is 0 Å². The number of Topliss-reactive ketones (excluding diaryl/α,β-unsaturated/α-hetero) is 1. The fourth-order valence-corrected chi connectivity index (χ4v) is 5.59. The highest BCUT2D eigenvalue weighted by Crippen LogP contribution is 2.14. The van der Waals surface area contributed by atoms with E-state index in [-0.39, 0.29) is 17.7 Å². The molecule has 42 heavy (non-hydrogen) atoms. The van der Waals surface area contributed by atoms with Crippen LogP contribution in [0.1, 0.15) is 187 Å². The molecule has 0 aliphatic carbocycles. The van der Waals surface area contributed by atoms with Crippen LogP contribution in [0.2, 0.25) is 0 Å². The molecule has 0 aromatic rings. The van der Waals surface area contributed by atoms with Crippen LogP contribution in [0.25, 0.3) is 0 Å². The van der Waals surface area contributed by atoms with Gasteiger partial charge >= 0.3 is 0 Å². The van der Waals surface area contributed by atoms with Crippen molar-refractivity contribution in [3.8, 4) is 0 Å². The quantitative estimate of drug-likeness (QED) is 0.0550. The van der Waals surface area contributed by atoms with E-state index in [2.05, 4.69) is 17.6 Å². The molecule has 1 atom stereocenters. The minimum absolute atomic E-state index is 0.171. The van der Waals surface area contributed by atoms with Crippen molar-refractivity contribution in [2.45, 2.75) is 193 Å². The zero-order chi connectivity index (χ0) is 30.8. The van der Waals surface area contributed by atoms with E-state index in [1.165, 1.54) is 116 Å². The van der Waals surface area contributed by atoms with Crippen LogP contribution in [0.15, 0.2) is 0 Å². The molecule has 0 unspecified atom stereocenters. The molecule has 0 saturated carbocycles. The maximum Gasteiger partial charge on any atom is 0.219 e. The van der Waals surface area contributed by atoms with E-state index >= 15 is 0 Å². The van der Waals surface area contributed by atoms with Gasteiger partial charge in [0.2, 0.25) is 5.91 Å². The molecule has 0 radical (unpaired) electrons. The number of nitrogens with one attached hydrogen (secondary N) is 2. The van der Waals surface area contributed by atoms with Gasteiger partial charge in [0.05, 0.1) is 6.04 Å². The van der Waals surface area contributed by atoms with Crippen LogP contribution >= 0.6 is 0 Å². The van der Waals surface area contributed by atoms with Gasteiger partial charge in [-0.1, -0.05) is 129 Å². The molecular weight excluding hydrogens is 520 g/mol. The molecule has 0 saturated heterocycles. The highest BCUT2D eigenvalue weighted by molar-refractivity contribution is 5.83. The first kappa shape index (κ1) is 41.0. The summed E-state index contributed by atoms with van der Waals surface area (Å²) < 4.78 is 0. The number of carbonyl (C=O) groups excluding carboxylic acids is 2. The summed E-state index contributed by atoms with van der Waals surface area (Å²) >= 11 is 0. The maximum atomic E-state index is 12.3. The van der Waals surface area contributed by atoms with Gasteiger partial charge < -0.3 is 22.1 Å². The van der Waals surface area contributed by atoms with Gasteiger partial charge in [-0.25, -0.2) is 0 Å². The minimum Gasteiger partial charge on any atom is -0.356 e. The predicted octanol–water partition coefficient (Wildman–Crippen LogP) is 8.49. The molecule has 0 aromatic heterocycles. The number of hydrogen-bond donors (Lipinski definition) is 4. The Balaban J connectivity index is 3.37. The molecule has 250 valence electrons. The van der Waals surface area contributed by atoms with Crippen LogP contribution in [-0.4, -0.2) is 43.9 Å². The third-order valence-corrected chi connectivity index (χ3v) is 8.52. The Morgan fingerprint density at radius 2 is 0.952 bits per heavy atom. The lowest BCUT2D eigenvalue weighted by atomic mass is 10.0. The summed E-state index contributed by atoms with van der Waals surface area (Å²) in [5.41, 5.74) is 11.6. The van der Waals surface area contributed by atoms with E-state index in [0.717, 1.165) is 71.0 Å². The van der Waals surface area contributed by atoms with E-state index in [0.29, 0.717) is 19.4 Å². The van der Waals surface area contributed by atoms with Gasteiger partial charge in [0.1, 0.15) is 5.78 Å². The molecule has 0 spiro atoms.